The van der Waals surface area contributed by atoms with Crippen molar-refractivity contribution in [3.8, 4) is 5.75 Å². The second-order valence-corrected chi connectivity index (χ2v) is 8.16. The molecule has 0 aliphatic heterocycles. The van der Waals surface area contributed by atoms with E-state index >= 15 is 0 Å². The van der Waals surface area contributed by atoms with Crippen LogP contribution in [0.1, 0.15) is 40.2 Å². The summed E-state index contributed by atoms with van der Waals surface area (Å²) in [5.41, 5.74) is 1.26. The molecule has 0 aliphatic rings. The molecule has 0 saturated carbocycles. The first-order valence-corrected chi connectivity index (χ1v) is 9.15. The van der Waals surface area contributed by atoms with E-state index in [-0.39, 0.29) is 5.54 Å². The van der Waals surface area contributed by atoms with E-state index in [1.165, 1.54) is 0 Å². The van der Waals surface area contributed by atoms with Gasteiger partial charge in [-0.2, -0.15) is 0 Å². The van der Waals surface area contributed by atoms with Gasteiger partial charge in [0, 0.05) is 17.8 Å². The molecular formula is C22H30N2O3. The predicted molar refractivity (Wildman–Crippen MR) is 109 cm³/mol. The number of carbonyl (C=O) groups excluding carboxylic acids is 1. The zero-order valence-corrected chi connectivity index (χ0v) is 16.8. The summed E-state index contributed by atoms with van der Waals surface area (Å²) in [5, 5.41) is 6.21. The lowest BCUT2D eigenvalue weighted by Gasteiger charge is -2.29. The van der Waals surface area contributed by atoms with Crippen molar-refractivity contribution < 1.29 is 14.3 Å². The van der Waals surface area contributed by atoms with Crippen molar-refractivity contribution in [3.05, 3.63) is 60.2 Å². The molecule has 0 aromatic heterocycles. The molecule has 1 amide bonds. The molecule has 146 valence electrons. The predicted octanol–water partition coefficient (Wildman–Crippen LogP) is 4.98. The van der Waals surface area contributed by atoms with Crippen LogP contribution in [0.15, 0.2) is 54.6 Å². The number of hydrogen-bond donors (Lipinski definition) is 2. The van der Waals surface area contributed by atoms with Crippen molar-refractivity contribution in [1.29, 1.82) is 0 Å². The smallest absolute Gasteiger partial charge is 0.407 e. The quantitative estimate of drug-likeness (QED) is 0.721. The van der Waals surface area contributed by atoms with Gasteiger partial charge in [-0.25, -0.2) is 4.79 Å². The molecule has 2 rings (SSSR count). The number of alkyl carbamates (subject to hydrolysis) is 1. The number of rotatable bonds is 7. The molecule has 2 aromatic rings. The van der Waals surface area contributed by atoms with E-state index in [4.69, 9.17) is 9.47 Å². The summed E-state index contributed by atoms with van der Waals surface area (Å²) in [5.74, 6) is 0.814. The minimum Gasteiger partial charge on any atom is -0.489 e. The van der Waals surface area contributed by atoms with Crippen LogP contribution >= 0.6 is 0 Å². The minimum atomic E-state index is -0.503. The van der Waals surface area contributed by atoms with Crippen LogP contribution in [0.4, 0.5) is 10.5 Å². The lowest BCUT2D eigenvalue weighted by Crippen LogP contribution is -2.45. The number of benzene rings is 2. The van der Waals surface area contributed by atoms with Crippen molar-refractivity contribution in [1.82, 2.24) is 5.32 Å². The largest absolute Gasteiger partial charge is 0.489 e. The Hall–Kier alpha value is -2.69. The molecule has 0 heterocycles. The molecule has 2 aromatic carbocycles. The summed E-state index contributed by atoms with van der Waals surface area (Å²) in [6, 6.07) is 17.9. The van der Waals surface area contributed by atoms with Gasteiger partial charge in [0.05, 0.1) is 0 Å². The highest BCUT2D eigenvalue weighted by molar-refractivity contribution is 5.68. The normalized spacial score (nSPS) is 11.6. The van der Waals surface area contributed by atoms with Gasteiger partial charge >= 0.3 is 6.09 Å². The maximum atomic E-state index is 11.8. The molecule has 5 heteroatoms. The first kappa shape index (κ1) is 20.6. The van der Waals surface area contributed by atoms with E-state index in [1.807, 2.05) is 89.2 Å². The summed E-state index contributed by atoms with van der Waals surface area (Å²) in [4.78, 5) is 11.8. The Morgan fingerprint density at radius 3 is 2.15 bits per heavy atom. The van der Waals surface area contributed by atoms with Crippen LogP contribution in [0.3, 0.4) is 0 Å². The monoisotopic (exact) mass is 370 g/mol. The fourth-order valence-electron chi connectivity index (χ4n) is 2.42. The highest BCUT2D eigenvalue weighted by Gasteiger charge is 2.21. The standard InChI is InChI=1S/C22H30N2O3/c1-21(2,3)27-20(25)23-16-22(4,5)24-18-11-13-19(14-12-18)26-15-17-9-7-6-8-10-17/h6-14,24H,15-16H2,1-5H3,(H,23,25). The molecular weight excluding hydrogens is 340 g/mol. The maximum absolute atomic E-state index is 11.8. The highest BCUT2D eigenvalue weighted by atomic mass is 16.6. The zero-order chi connectivity index (χ0) is 19.9. The lowest BCUT2D eigenvalue weighted by molar-refractivity contribution is 0.0520. The van der Waals surface area contributed by atoms with Crippen molar-refractivity contribution in [3.63, 3.8) is 0 Å². The first-order valence-electron chi connectivity index (χ1n) is 9.15. The highest BCUT2D eigenvalue weighted by Crippen LogP contribution is 2.20. The van der Waals surface area contributed by atoms with Gasteiger partial charge in [-0.1, -0.05) is 30.3 Å². The summed E-state index contributed by atoms with van der Waals surface area (Å²) >= 11 is 0. The van der Waals surface area contributed by atoms with Crippen LogP contribution in [-0.4, -0.2) is 23.8 Å². The Labute approximate surface area is 162 Å². The van der Waals surface area contributed by atoms with Crippen molar-refractivity contribution in [2.45, 2.75) is 52.4 Å². The Bertz CT molecular complexity index is 719. The van der Waals surface area contributed by atoms with Gasteiger partial charge in [-0.3, -0.25) is 0 Å². The van der Waals surface area contributed by atoms with Gasteiger partial charge in [0.1, 0.15) is 18.0 Å². The fraction of sp³-hybridized carbons (Fsp3) is 0.409. The van der Waals surface area contributed by atoms with E-state index in [1.54, 1.807) is 0 Å². The van der Waals surface area contributed by atoms with E-state index < -0.39 is 11.7 Å². The van der Waals surface area contributed by atoms with Crippen LogP contribution in [0, 0.1) is 0 Å². The molecule has 0 spiro atoms. The fourth-order valence-corrected chi connectivity index (χ4v) is 2.42. The van der Waals surface area contributed by atoms with Crippen LogP contribution in [0.2, 0.25) is 0 Å². The second-order valence-electron chi connectivity index (χ2n) is 8.16. The lowest BCUT2D eigenvalue weighted by atomic mass is 10.1. The molecule has 0 saturated heterocycles. The van der Waals surface area contributed by atoms with Crippen LogP contribution in [0.25, 0.3) is 0 Å². The minimum absolute atomic E-state index is 0.330. The number of carbonyl (C=O) groups is 1. The summed E-state index contributed by atoms with van der Waals surface area (Å²) in [7, 11) is 0. The van der Waals surface area contributed by atoms with Gasteiger partial charge in [0.2, 0.25) is 0 Å². The van der Waals surface area contributed by atoms with Crippen LogP contribution in [-0.2, 0) is 11.3 Å². The molecule has 5 nitrogen and oxygen atoms in total. The molecule has 27 heavy (non-hydrogen) atoms. The Balaban J connectivity index is 1.82. The van der Waals surface area contributed by atoms with Crippen LogP contribution in [0.5, 0.6) is 5.75 Å². The number of hydrogen-bond acceptors (Lipinski definition) is 4. The van der Waals surface area contributed by atoms with Crippen molar-refractivity contribution in [2.24, 2.45) is 0 Å². The summed E-state index contributed by atoms with van der Waals surface area (Å²) in [6.07, 6.45) is -0.415. The van der Waals surface area contributed by atoms with Crippen LogP contribution < -0.4 is 15.4 Å². The van der Waals surface area contributed by atoms with Gasteiger partial charge in [-0.05, 0) is 64.4 Å². The molecule has 0 fully saturated rings. The van der Waals surface area contributed by atoms with E-state index in [0.717, 1.165) is 17.0 Å². The average molecular weight is 370 g/mol. The van der Waals surface area contributed by atoms with Crippen molar-refractivity contribution >= 4 is 11.8 Å². The van der Waals surface area contributed by atoms with E-state index in [0.29, 0.717) is 13.2 Å². The van der Waals surface area contributed by atoms with Gasteiger partial charge in [-0.15, -0.1) is 0 Å². The van der Waals surface area contributed by atoms with Gasteiger partial charge < -0.3 is 20.1 Å². The third kappa shape index (κ3) is 8.03. The Kier molecular flexibility index (Phi) is 6.72. The molecule has 2 N–H and O–H groups in total. The third-order valence-electron chi connectivity index (χ3n) is 3.66. The van der Waals surface area contributed by atoms with E-state index in [9.17, 15) is 4.79 Å². The SMILES string of the molecule is CC(C)(CNC(=O)OC(C)(C)C)Nc1ccc(OCc2ccccc2)cc1. The molecule has 0 aliphatic carbocycles. The summed E-state index contributed by atoms with van der Waals surface area (Å²) in [6.45, 7) is 10.5. The molecule has 0 atom stereocenters. The molecule has 0 bridgehead atoms. The molecule has 0 unspecified atom stereocenters. The Morgan fingerprint density at radius 2 is 1.56 bits per heavy atom. The average Bonchev–Trinajstić information content (AvgIpc) is 2.59. The number of ether oxygens (including phenoxy) is 2. The third-order valence-corrected chi connectivity index (χ3v) is 3.66. The number of amides is 1. The number of nitrogens with one attached hydrogen (secondary N) is 2. The topological polar surface area (TPSA) is 59.6 Å². The van der Waals surface area contributed by atoms with Crippen molar-refractivity contribution in [2.75, 3.05) is 11.9 Å². The summed E-state index contributed by atoms with van der Waals surface area (Å²) < 4.78 is 11.1. The molecule has 0 radical (unpaired) electrons. The maximum Gasteiger partial charge on any atom is 0.407 e. The Morgan fingerprint density at radius 1 is 0.926 bits per heavy atom. The second kappa shape index (κ2) is 8.80. The van der Waals surface area contributed by atoms with E-state index in [2.05, 4.69) is 10.6 Å². The van der Waals surface area contributed by atoms with Gasteiger partial charge in [0.25, 0.3) is 0 Å². The zero-order valence-electron chi connectivity index (χ0n) is 16.8. The first-order chi connectivity index (χ1) is 12.6. The van der Waals surface area contributed by atoms with Gasteiger partial charge in [0.15, 0.2) is 0 Å². The number of anilines is 1.